The Morgan fingerprint density at radius 1 is 1.46 bits per heavy atom. The Hall–Kier alpha value is -3.14. The molecule has 2 amide bonds. The van der Waals surface area contributed by atoms with Crippen LogP contribution in [0.4, 0.5) is 17.5 Å². The fourth-order valence-electron chi connectivity index (χ4n) is 2.14. The Bertz CT molecular complexity index is 873. The Labute approximate surface area is 153 Å². The van der Waals surface area contributed by atoms with Crippen molar-refractivity contribution in [1.29, 1.82) is 0 Å². The third-order valence-corrected chi connectivity index (χ3v) is 3.88. The number of aromatic nitrogens is 3. The van der Waals surface area contributed by atoms with E-state index >= 15 is 0 Å². The molecule has 26 heavy (non-hydrogen) atoms. The predicted octanol–water partition coefficient (Wildman–Crippen LogP) is 1.58. The van der Waals surface area contributed by atoms with Crippen LogP contribution in [0, 0.1) is 0 Å². The second kappa shape index (κ2) is 7.83. The lowest BCUT2D eigenvalue weighted by Gasteiger charge is -2.18. The highest BCUT2D eigenvalue weighted by Crippen LogP contribution is 2.28. The van der Waals surface area contributed by atoms with Crippen LogP contribution in [0.5, 0.6) is 5.75 Å². The number of nitrogens with zero attached hydrogens (tertiary/aromatic N) is 3. The Morgan fingerprint density at radius 2 is 2.31 bits per heavy atom. The average molecular weight is 372 g/mol. The predicted molar refractivity (Wildman–Crippen MR) is 98.0 cm³/mol. The number of anilines is 3. The molecule has 0 atom stereocenters. The summed E-state index contributed by atoms with van der Waals surface area (Å²) in [6.45, 7) is 3.85. The Balaban J connectivity index is 1.90. The summed E-state index contributed by atoms with van der Waals surface area (Å²) in [6.07, 6.45) is 4.86. The lowest BCUT2D eigenvalue weighted by molar-refractivity contribution is -0.118. The number of hydrogen-bond donors (Lipinski definition) is 3. The van der Waals surface area contributed by atoms with Crippen molar-refractivity contribution < 1.29 is 14.3 Å². The third-order valence-electron chi connectivity index (χ3n) is 3.32. The van der Waals surface area contributed by atoms with Gasteiger partial charge in [0.15, 0.2) is 23.3 Å². The number of thioether (sulfide) groups is 1. The number of ether oxygens (including phenoxy) is 1. The zero-order valence-corrected chi connectivity index (χ0v) is 14.7. The number of carbonyl (C=O) groups is 2. The summed E-state index contributed by atoms with van der Waals surface area (Å²) in [5.74, 6) is 0.877. The number of carbonyl (C=O) groups excluding carboxylic acids is 2. The molecule has 134 valence electrons. The van der Waals surface area contributed by atoms with Crippen LogP contribution in [0.15, 0.2) is 36.1 Å². The maximum atomic E-state index is 12.3. The molecule has 0 aliphatic carbocycles. The molecule has 0 saturated heterocycles. The van der Waals surface area contributed by atoms with Gasteiger partial charge in [0.05, 0.1) is 0 Å². The smallest absolute Gasteiger partial charge is 0.263 e. The summed E-state index contributed by atoms with van der Waals surface area (Å²) < 4.78 is 5.28. The van der Waals surface area contributed by atoms with Gasteiger partial charge in [-0.2, -0.15) is 0 Å². The maximum absolute atomic E-state index is 12.3. The number of fused-ring (bicyclic) bond motifs is 1. The lowest BCUT2D eigenvalue weighted by atomic mass is 10.2. The van der Waals surface area contributed by atoms with E-state index in [9.17, 15) is 9.59 Å². The second-order valence-corrected chi connectivity index (χ2v) is 5.90. The first-order valence-electron chi connectivity index (χ1n) is 7.61. The number of amides is 2. The number of pyridine rings is 1. The SMILES string of the molecule is C=CCNC(=O)c1cnc(SC)nc1Nc1ccc2c(n1)NC(=O)CO2. The zero-order valence-electron chi connectivity index (χ0n) is 13.9. The van der Waals surface area contributed by atoms with Crippen molar-refractivity contribution in [2.75, 3.05) is 30.0 Å². The first-order chi connectivity index (χ1) is 12.6. The summed E-state index contributed by atoms with van der Waals surface area (Å²) in [6, 6.07) is 3.35. The van der Waals surface area contributed by atoms with E-state index in [0.717, 1.165) is 0 Å². The van der Waals surface area contributed by atoms with Crippen LogP contribution < -0.4 is 20.7 Å². The summed E-state index contributed by atoms with van der Waals surface area (Å²) in [5.41, 5.74) is 0.268. The van der Waals surface area contributed by atoms with E-state index in [0.29, 0.717) is 34.9 Å². The highest BCUT2D eigenvalue weighted by molar-refractivity contribution is 7.98. The van der Waals surface area contributed by atoms with E-state index in [4.69, 9.17) is 4.74 Å². The molecule has 0 aromatic carbocycles. The minimum Gasteiger partial charge on any atom is -0.480 e. The summed E-state index contributed by atoms with van der Waals surface area (Å²) in [5, 5.41) is 8.82. The number of nitrogens with one attached hydrogen (secondary N) is 3. The van der Waals surface area contributed by atoms with Gasteiger partial charge in [-0.25, -0.2) is 15.0 Å². The molecule has 0 saturated carbocycles. The van der Waals surface area contributed by atoms with Gasteiger partial charge in [-0.1, -0.05) is 17.8 Å². The fraction of sp³-hybridized carbons (Fsp3) is 0.188. The number of hydrogen-bond acceptors (Lipinski definition) is 8. The normalized spacial score (nSPS) is 12.4. The van der Waals surface area contributed by atoms with Crippen LogP contribution in [-0.2, 0) is 4.79 Å². The molecule has 1 aliphatic heterocycles. The molecular formula is C16H16N6O3S. The maximum Gasteiger partial charge on any atom is 0.263 e. The summed E-state index contributed by atoms with van der Waals surface area (Å²) >= 11 is 1.35. The third kappa shape index (κ3) is 3.91. The Kier molecular flexibility index (Phi) is 5.32. The van der Waals surface area contributed by atoms with Gasteiger partial charge < -0.3 is 20.7 Å². The van der Waals surface area contributed by atoms with Crippen molar-refractivity contribution >= 4 is 41.0 Å². The molecule has 9 nitrogen and oxygen atoms in total. The van der Waals surface area contributed by atoms with E-state index in [1.54, 1.807) is 18.2 Å². The van der Waals surface area contributed by atoms with Crippen molar-refractivity contribution in [3.8, 4) is 5.75 Å². The first-order valence-corrected chi connectivity index (χ1v) is 8.84. The second-order valence-electron chi connectivity index (χ2n) is 5.12. The molecule has 2 aromatic rings. The van der Waals surface area contributed by atoms with Gasteiger partial charge >= 0.3 is 0 Å². The van der Waals surface area contributed by atoms with Crippen molar-refractivity contribution in [1.82, 2.24) is 20.3 Å². The first kappa shape index (κ1) is 17.7. The zero-order chi connectivity index (χ0) is 18.5. The van der Waals surface area contributed by atoms with Gasteiger partial charge in [-0.05, 0) is 18.4 Å². The highest BCUT2D eigenvalue weighted by atomic mass is 32.2. The average Bonchev–Trinajstić information content (AvgIpc) is 2.65. The molecular weight excluding hydrogens is 356 g/mol. The van der Waals surface area contributed by atoms with Gasteiger partial charge in [-0.3, -0.25) is 9.59 Å². The molecule has 3 N–H and O–H groups in total. The minimum atomic E-state index is -0.338. The lowest BCUT2D eigenvalue weighted by Crippen LogP contribution is -2.26. The highest BCUT2D eigenvalue weighted by Gasteiger charge is 2.19. The molecule has 3 heterocycles. The van der Waals surface area contributed by atoms with Crippen LogP contribution in [0.25, 0.3) is 0 Å². The van der Waals surface area contributed by atoms with Gasteiger partial charge in [0.25, 0.3) is 11.8 Å². The van der Waals surface area contributed by atoms with Crippen molar-refractivity contribution in [3.05, 3.63) is 36.5 Å². The van der Waals surface area contributed by atoms with Gasteiger partial charge in [0.1, 0.15) is 17.2 Å². The van der Waals surface area contributed by atoms with E-state index in [-0.39, 0.29) is 24.0 Å². The van der Waals surface area contributed by atoms with Crippen molar-refractivity contribution in [2.45, 2.75) is 5.16 Å². The fourth-order valence-corrected chi connectivity index (χ4v) is 2.48. The molecule has 0 bridgehead atoms. The van der Waals surface area contributed by atoms with Gasteiger partial charge in [0, 0.05) is 12.7 Å². The van der Waals surface area contributed by atoms with Crippen LogP contribution >= 0.6 is 11.8 Å². The van der Waals surface area contributed by atoms with E-state index in [1.807, 2.05) is 6.26 Å². The van der Waals surface area contributed by atoms with Crippen LogP contribution in [-0.4, -0.2) is 46.2 Å². The molecule has 0 spiro atoms. The quantitative estimate of drug-likeness (QED) is 0.397. The molecule has 0 fully saturated rings. The number of rotatable bonds is 6. The molecule has 2 aromatic heterocycles. The van der Waals surface area contributed by atoms with Crippen molar-refractivity contribution in [3.63, 3.8) is 0 Å². The Morgan fingerprint density at radius 3 is 3.08 bits per heavy atom. The van der Waals surface area contributed by atoms with Gasteiger partial charge in [-0.15, -0.1) is 6.58 Å². The van der Waals surface area contributed by atoms with Gasteiger partial charge in [0.2, 0.25) is 0 Å². The van der Waals surface area contributed by atoms with Crippen LogP contribution in [0.1, 0.15) is 10.4 Å². The molecule has 1 aliphatic rings. The molecule has 3 rings (SSSR count). The van der Waals surface area contributed by atoms with Crippen LogP contribution in [0.3, 0.4) is 0 Å². The molecule has 10 heteroatoms. The monoisotopic (exact) mass is 372 g/mol. The van der Waals surface area contributed by atoms with E-state index in [2.05, 4.69) is 37.5 Å². The molecule has 0 radical (unpaired) electrons. The minimum absolute atomic E-state index is 0.0436. The van der Waals surface area contributed by atoms with E-state index in [1.165, 1.54) is 18.0 Å². The summed E-state index contributed by atoms with van der Waals surface area (Å²) in [4.78, 5) is 36.5. The van der Waals surface area contributed by atoms with Crippen molar-refractivity contribution in [2.24, 2.45) is 0 Å². The van der Waals surface area contributed by atoms with E-state index < -0.39 is 0 Å². The largest absolute Gasteiger partial charge is 0.480 e. The van der Waals surface area contributed by atoms with Crippen LogP contribution in [0.2, 0.25) is 0 Å². The summed E-state index contributed by atoms with van der Waals surface area (Å²) in [7, 11) is 0. The molecule has 0 unspecified atom stereocenters. The topological polar surface area (TPSA) is 118 Å². The standard InChI is InChI=1S/C16H16N6O3S/c1-3-6-17-15(24)9-7-18-16(26-2)22-13(9)19-11-5-4-10-14(20-11)21-12(23)8-25-10/h3-5,7H,1,6,8H2,2H3,(H,17,24)(H2,18,19,20,21,22,23).